The number of hydrogen-bond acceptors (Lipinski definition) is 3. The Balaban J connectivity index is 2.04. The first-order chi connectivity index (χ1) is 10.2. The second kappa shape index (κ2) is 7.70. The molecular weight excluding hydrogens is 262 g/mol. The van der Waals surface area contributed by atoms with Gasteiger partial charge in [-0.25, -0.2) is 0 Å². The molecule has 0 saturated heterocycles. The predicted octanol–water partition coefficient (Wildman–Crippen LogP) is 4.08. The molecule has 3 heteroatoms. The minimum atomic E-state index is 0.666. The minimum Gasteiger partial charge on any atom is -0.494 e. The Bertz CT molecular complexity index is 564. The van der Waals surface area contributed by atoms with E-state index in [1.165, 1.54) is 5.56 Å². The molecule has 0 aromatic heterocycles. The fraction of sp³-hybridized carbons (Fsp3) is 0.333. The van der Waals surface area contributed by atoms with Crippen LogP contribution < -0.4 is 15.2 Å². The van der Waals surface area contributed by atoms with E-state index < -0.39 is 0 Å². The van der Waals surface area contributed by atoms with Crippen LogP contribution in [0.25, 0.3) is 0 Å². The number of benzene rings is 2. The van der Waals surface area contributed by atoms with Crippen LogP contribution in [0, 0.1) is 6.92 Å². The average Bonchev–Trinajstić information content (AvgIpc) is 2.49. The molecule has 112 valence electrons. The van der Waals surface area contributed by atoms with E-state index in [0.717, 1.165) is 42.3 Å². The monoisotopic (exact) mass is 285 g/mol. The van der Waals surface area contributed by atoms with E-state index in [2.05, 4.69) is 19.1 Å². The van der Waals surface area contributed by atoms with E-state index in [9.17, 15) is 0 Å². The van der Waals surface area contributed by atoms with Crippen LogP contribution in [0.3, 0.4) is 0 Å². The molecule has 0 unspecified atom stereocenters. The van der Waals surface area contributed by atoms with Crippen molar-refractivity contribution in [3.05, 3.63) is 53.6 Å². The number of ether oxygens (including phenoxy) is 2. The van der Waals surface area contributed by atoms with Gasteiger partial charge in [0.1, 0.15) is 17.2 Å². The molecule has 0 bridgehead atoms. The van der Waals surface area contributed by atoms with E-state index in [-0.39, 0.29) is 0 Å². The first-order valence-corrected chi connectivity index (χ1v) is 7.43. The van der Waals surface area contributed by atoms with Gasteiger partial charge in [-0.1, -0.05) is 19.1 Å². The van der Waals surface area contributed by atoms with Crippen LogP contribution in [0.1, 0.15) is 24.5 Å². The molecule has 2 aromatic carbocycles. The second-order valence-electron chi connectivity index (χ2n) is 5.06. The van der Waals surface area contributed by atoms with Crippen LogP contribution >= 0.6 is 0 Å². The third kappa shape index (κ3) is 4.50. The van der Waals surface area contributed by atoms with Crippen molar-refractivity contribution < 1.29 is 9.47 Å². The van der Waals surface area contributed by atoms with Crippen LogP contribution in [0.2, 0.25) is 0 Å². The van der Waals surface area contributed by atoms with Gasteiger partial charge in [-0.15, -0.1) is 0 Å². The fourth-order valence-electron chi connectivity index (χ4n) is 2.10. The Kier molecular flexibility index (Phi) is 5.64. The van der Waals surface area contributed by atoms with Crippen molar-refractivity contribution in [1.29, 1.82) is 0 Å². The summed E-state index contributed by atoms with van der Waals surface area (Å²) in [5.41, 5.74) is 7.94. The lowest BCUT2D eigenvalue weighted by atomic mass is 10.1. The molecule has 2 rings (SSSR count). The SMILES string of the molecule is CCCOc1ccc(Oc2ccc(CCN)cc2C)cc1. The van der Waals surface area contributed by atoms with E-state index in [1.807, 2.05) is 37.3 Å². The van der Waals surface area contributed by atoms with E-state index in [4.69, 9.17) is 15.2 Å². The lowest BCUT2D eigenvalue weighted by Gasteiger charge is -2.11. The van der Waals surface area contributed by atoms with Gasteiger partial charge in [0.15, 0.2) is 0 Å². The second-order valence-corrected chi connectivity index (χ2v) is 5.06. The maximum atomic E-state index is 5.91. The number of rotatable bonds is 7. The zero-order chi connectivity index (χ0) is 15.1. The highest BCUT2D eigenvalue weighted by Gasteiger charge is 2.03. The molecule has 0 radical (unpaired) electrons. The van der Waals surface area contributed by atoms with Crippen LogP contribution in [0.15, 0.2) is 42.5 Å². The molecule has 0 amide bonds. The molecule has 21 heavy (non-hydrogen) atoms. The number of aryl methyl sites for hydroxylation is 1. The van der Waals surface area contributed by atoms with Gasteiger partial charge in [0.2, 0.25) is 0 Å². The van der Waals surface area contributed by atoms with Crippen molar-refractivity contribution in [2.75, 3.05) is 13.2 Å². The van der Waals surface area contributed by atoms with E-state index >= 15 is 0 Å². The molecule has 0 spiro atoms. The Morgan fingerprint density at radius 1 is 1.00 bits per heavy atom. The third-order valence-electron chi connectivity index (χ3n) is 3.20. The largest absolute Gasteiger partial charge is 0.494 e. The molecule has 0 saturated carbocycles. The quantitative estimate of drug-likeness (QED) is 0.833. The average molecular weight is 285 g/mol. The van der Waals surface area contributed by atoms with Gasteiger partial charge in [0.05, 0.1) is 6.61 Å². The van der Waals surface area contributed by atoms with Gasteiger partial charge in [-0.05, 0) is 67.8 Å². The van der Waals surface area contributed by atoms with Gasteiger partial charge in [0.25, 0.3) is 0 Å². The van der Waals surface area contributed by atoms with Gasteiger partial charge in [-0.2, -0.15) is 0 Å². The molecule has 2 aromatic rings. The number of nitrogens with two attached hydrogens (primary N) is 1. The van der Waals surface area contributed by atoms with Gasteiger partial charge >= 0.3 is 0 Å². The molecule has 0 aliphatic rings. The standard InChI is InChI=1S/C18H23NO2/c1-3-12-20-16-5-7-17(8-6-16)21-18-9-4-15(10-11-19)13-14(18)2/h4-9,13H,3,10-12,19H2,1-2H3. The summed E-state index contributed by atoms with van der Waals surface area (Å²) in [5, 5.41) is 0. The summed E-state index contributed by atoms with van der Waals surface area (Å²) in [6.07, 6.45) is 1.90. The van der Waals surface area contributed by atoms with Crippen molar-refractivity contribution >= 4 is 0 Å². The molecule has 2 N–H and O–H groups in total. The summed E-state index contributed by atoms with van der Waals surface area (Å²) in [6, 6.07) is 13.9. The zero-order valence-electron chi connectivity index (χ0n) is 12.8. The molecule has 0 aliphatic carbocycles. The first kappa shape index (κ1) is 15.4. The van der Waals surface area contributed by atoms with Crippen molar-refractivity contribution in [3.8, 4) is 17.2 Å². The Morgan fingerprint density at radius 2 is 1.71 bits per heavy atom. The van der Waals surface area contributed by atoms with Crippen LogP contribution in [0.4, 0.5) is 0 Å². The molecular formula is C18H23NO2. The zero-order valence-corrected chi connectivity index (χ0v) is 12.8. The molecule has 0 fully saturated rings. The topological polar surface area (TPSA) is 44.5 Å². The summed E-state index contributed by atoms with van der Waals surface area (Å²) < 4.78 is 11.5. The van der Waals surface area contributed by atoms with E-state index in [0.29, 0.717) is 6.54 Å². The highest BCUT2D eigenvalue weighted by Crippen LogP contribution is 2.27. The highest BCUT2D eigenvalue weighted by molar-refractivity contribution is 5.41. The highest BCUT2D eigenvalue weighted by atomic mass is 16.5. The molecule has 3 nitrogen and oxygen atoms in total. The van der Waals surface area contributed by atoms with Crippen LogP contribution in [-0.2, 0) is 6.42 Å². The van der Waals surface area contributed by atoms with Crippen molar-refractivity contribution in [3.63, 3.8) is 0 Å². The molecule has 0 atom stereocenters. The van der Waals surface area contributed by atoms with Crippen molar-refractivity contribution in [2.45, 2.75) is 26.7 Å². The van der Waals surface area contributed by atoms with Crippen molar-refractivity contribution in [1.82, 2.24) is 0 Å². The number of hydrogen-bond donors (Lipinski definition) is 1. The lowest BCUT2D eigenvalue weighted by molar-refractivity contribution is 0.317. The van der Waals surface area contributed by atoms with Crippen LogP contribution in [0.5, 0.6) is 17.2 Å². The van der Waals surface area contributed by atoms with Crippen molar-refractivity contribution in [2.24, 2.45) is 5.73 Å². The molecule has 0 heterocycles. The van der Waals surface area contributed by atoms with E-state index in [1.54, 1.807) is 0 Å². The predicted molar refractivity (Wildman–Crippen MR) is 86.2 cm³/mol. The Labute approximate surface area is 126 Å². The van der Waals surface area contributed by atoms with Gasteiger partial charge < -0.3 is 15.2 Å². The Hall–Kier alpha value is -2.00. The first-order valence-electron chi connectivity index (χ1n) is 7.43. The van der Waals surface area contributed by atoms with Gasteiger partial charge in [-0.3, -0.25) is 0 Å². The lowest BCUT2D eigenvalue weighted by Crippen LogP contribution is -2.02. The maximum absolute atomic E-state index is 5.91. The summed E-state index contributed by atoms with van der Waals surface area (Å²) in [6.45, 7) is 5.55. The van der Waals surface area contributed by atoms with Crippen LogP contribution in [-0.4, -0.2) is 13.2 Å². The summed E-state index contributed by atoms with van der Waals surface area (Å²) >= 11 is 0. The third-order valence-corrected chi connectivity index (χ3v) is 3.20. The minimum absolute atomic E-state index is 0.666. The smallest absolute Gasteiger partial charge is 0.130 e. The Morgan fingerprint density at radius 3 is 2.33 bits per heavy atom. The summed E-state index contributed by atoms with van der Waals surface area (Å²) in [7, 11) is 0. The molecule has 0 aliphatic heterocycles. The summed E-state index contributed by atoms with van der Waals surface area (Å²) in [5.74, 6) is 2.56. The summed E-state index contributed by atoms with van der Waals surface area (Å²) in [4.78, 5) is 0. The fourth-order valence-corrected chi connectivity index (χ4v) is 2.10. The maximum Gasteiger partial charge on any atom is 0.130 e. The normalized spacial score (nSPS) is 10.4. The van der Waals surface area contributed by atoms with Gasteiger partial charge in [0, 0.05) is 0 Å².